The van der Waals surface area contributed by atoms with Crippen LogP contribution in [0.4, 0.5) is 0 Å². The highest BCUT2D eigenvalue weighted by molar-refractivity contribution is 7.90. The van der Waals surface area contributed by atoms with E-state index in [0.717, 1.165) is 31.3 Å². The molecule has 0 saturated heterocycles. The molecular formula is C31H44N4O5S. The molecule has 0 bridgehead atoms. The zero-order chi connectivity index (χ0) is 30.6. The van der Waals surface area contributed by atoms with Crippen molar-refractivity contribution in [2.24, 2.45) is 49.3 Å². The van der Waals surface area contributed by atoms with Crippen LogP contribution >= 0.6 is 0 Å². The predicted octanol–water partition coefficient (Wildman–Crippen LogP) is 5.75. The largest absolute Gasteiger partial charge is 0.295 e. The summed E-state index contributed by atoms with van der Waals surface area (Å²) in [6, 6.07) is 2.15. The number of carbonyl (C=O) groups excluding carboxylic acids is 2. The molecule has 224 valence electrons. The Hall–Kier alpha value is -2.38. The molecule has 5 aliphatic carbocycles. The highest BCUT2D eigenvalue weighted by atomic mass is 32.2. The normalized spacial score (nSPS) is 43.9. The number of nitro groups is 1. The summed E-state index contributed by atoms with van der Waals surface area (Å²) in [6.07, 6.45) is 10.2. The smallest absolute Gasteiger partial charge is 0.201 e. The van der Waals surface area contributed by atoms with Crippen LogP contribution in [0.3, 0.4) is 0 Å². The Kier molecular flexibility index (Phi) is 6.47. The number of nitrogens with zero attached hydrogens (tertiary/aromatic N) is 3. The van der Waals surface area contributed by atoms with Gasteiger partial charge in [0.1, 0.15) is 10.5 Å². The third-order valence-corrected chi connectivity index (χ3v) is 13.7. The Labute approximate surface area is 244 Å². The maximum absolute atomic E-state index is 14.5. The standard InChI is InChI=1S/C31H44N4O5S/c1-26(2)11-13-31(33-41(8,40)34-35(38)39)14-12-30(7)24(20(31)17-26)21(36)15-23-28(5)16-19(18-32)25(37)27(3,4)22(28)9-10-29(23,30)6/h15-16,20,22,24H,9-14,17H2,1-8H3,(H,33,34,40)/t20-,22-,24-,28-,29+,30+,31-,41?/m0/s1. The Bertz CT molecular complexity index is 1480. The quantitative estimate of drug-likeness (QED) is 0.330. The topological polar surface area (TPSA) is 143 Å². The molecule has 5 aliphatic rings. The maximum atomic E-state index is 14.5. The third-order valence-electron chi connectivity index (χ3n) is 12.5. The van der Waals surface area contributed by atoms with Gasteiger partial charge in [-0.3, -0.25) is 9.59 Å². The van der Waals surface area contributed by atoms with Gasteiger partial charge in [0.2, 0.25) is 5.03 Å². The lowest BCUT2D eigenvalue weighted by Gasteiger charge is -2.69. The number of hydrogen-bond donors (Lipinski definition) is 1. The second-order valence-electron chi connectivity index (χ2n) is 15.6. The molecule has 0 spiro atoms. The predicted molar refractivity (Wildman–Crippen MR) is 156 cm³/mol. The minimum Gasteiger partial charge on any atom is -0.295 e. The lowest BCUT2D eigenvalue weighted by molar-refractivity contribution is -0.482. The van der Waals surface area contributed by atoms with Crippen LogP contribution in [0.1, 0.15) is 93.4 Å². The van der Waals surface area contributed by atoms with Crippen molar-refractivity contribution in [3.63, 3.8) is 0 Å². The second-order valence-corrected chi connectivity index (χ2v) is 17.6. The van der Waals surface area contributed by atoms with E-state index >= 15 is 0 Å². The molecule has 10 heteroatoms. The zero-order valence-electron chi connectivity index (χ0n) is 25.6. The van der Waals surface area contributed by atoms with Crippen LogP contribution in [0, 0.1) is 66.3 Å². The van der Waals surface area contributed by atoms with Crippen LogP contribution in [0.15, 0.2) is 27.8 Å². The molecular weight excluding hydrogens is 540 g/mol. The maximum Gasteiger partial charge on any atom is 0.201 e. The molecule has 5 rings (SSSR count). The van der Waals surface area contributed by atoms with E-state index in [1.165, 1.54) is 6.26 Å². The average Bonchev–Trinajstić information content (AvgIpc) is 2.82. The van der Waals surface area contributed by atoms with Crippen LogP contribution < -0.4 is 4.72 Å². The number of nitrogens with one attached hydrogen (secondary N) is 1. The Morgan fingerprint density at radius 2 is 1.71 bits per heavy atom. The summed E-state index contributed by atoms with van der Waals surface area (Å²) in [4.78, 5) is 39.0. The summed E-state index contributed by atoms with van der Waals surface area (Å²) in [6.45, 7) is 14.9. The SMILES string of the molecule is CC1(C)CC[C@]2(NS(C)(=O)=N[N+](=O)[O-])CC[C@]3(C)[C@H](C(=O)C=C4[C@@]5(C)C=C(C#N)C(=O)C(C)(C)[C@@H]5CC[C@]43C)[C@@H]2C1. The van der Waals surface area contributed by atoms with Gasteiger partial charge in [0.05, 0.1) is 5.57 Å². The lowest BCUT2D eigenvalue weighted by atomic mass is 9.35. The summed E-state index contributed by atoms with van der Waals surface area (Å²) in [5.74, 6) is -0.654. The Morgan fingerprint density at radius 3 is 2.32 bits per heavy atom. The van der Waals surface area contributed by atoms with E-state index < -0.39 is 36.7 Å². The van der Waals surface area contributed by atoms with E-state index in [1.54, 1.807) is 0 Å². The highest BCUT2D eigenvalue weighted by Gasteiger charge is 2.70. The van der Waals surface area contributed by atoms with Crippen molar-refractivity contribution in [1.82, 2.24) is 4.72 Å². The summed E-state index contributed by atoms with van der Waals surface area (Å²) < 4.78 is 19.9. The van der Waals surface area contributed by atoms with Crippen molar-refractivity contribution in [1.29, 1.82) is 5.26 Å². The molecule has 3 saturated carbocycles. The summed E-state index contributed by atoms with van der Waals surface area (Å²) >= 11 is 0. The molecule has 0 aromatic carbocycles. The van der Waals surface area contributed by atoms with Gasteiger partial charge in [-0.2, -0.15) is 5.26 Å². The van der Waals surface area contributed by atoms with Gasteiger partial charge in [-0.25, -0.2) is 19.0 Å². The number of allylic oxidation sites excluding steroid dienone is 4. The fourth-order valence-electron chi connectivity index (χ4n) is 10.3. The molecule has 0 aliphatic heterocycles. The van der Waals surface area contributed by atoms with Crippen LogP contribution in [-0.4, -0.2) is 32.6 Å². The molecule has 1 unspecified atom stereocenters. The lowest BCUT2D eigenvalue weighted by Crippen LogP contribution is -2.69. The fourth-order valence-corrected chi connectivity index (χ4v) is 11.7. The number of carbonyl (C=O) groups is 2. The van der Waals surface area contributed by atoms with E-state index in [0.29, 0.717) is 19.3 Å². The van der Waals surface area contributed by atoms with Gasteiger partial charge in [-0.05, 0) is 79.1 Å². The van der Waals surface area contributed by atoms with Gasteiger partial charge in [0.15, 0.2) is 21.5 Å². The molecule has 0 heterocycles. The van der Waals surface area contributed by atoms with E-state index in [4.69, 9.17) is 0 Å². The number of fused-ring (bicyclic) bond motifs is 7. The van der Waals surface area contributed by atoms with Crippen LogP contribution in [0.2, 0.25) is 0 Å². The number of hydrogen-bond acceptors (Lipinski definition) is 6. The van der Waals surface area contributed by atoms with Crippen molar-refractivity contribution < 1.29 is 18.8 Å². The van der Waals surface area contributed by atoms with Crippen LogP contribution in [0.25, 0.3) is 0 Å². The molecule has 9 nitrogen and oxygen atoms in total. The summed E-state index contributed by atoms with van der Waals surface area (Å²) in [7, 11) is -3.34. The van der Waals surface area contributed by atoms with Crippen molar-refractivity contribution >= 4 is 21.5 Å². The molecule has 0 amide bonds. The minimum absolute atomic E-state index is 0.0293. The van der Waals surface area contributed by atoms with Gasteiger partial charge in [-0.15, -0.1) is 0 Å². The van der Waals surface area contributed by atoms with Gasteiger partial charge in [0.25, 0.3) is 0 Å². The molecule has 41 heavy (non-hydrogen) atoms. The zero-order valence-corrected chi connectivity index (χ0v) is 26.4. The van der Waals surface area contributed by atoms with Crippen molar-refractivity contribution in [3.05, 3.63) is 33.4 Å². The van der Waals surface area contributed by atoms with Gasteiger partial charge >= 0.3 is 0 Å². The van der Waals surface area contributed by atoms with E-state index in [2.05, 4.69) is 49.9 Å². The average molecular weight is 585 g/mol. The van der Waals surface area contributed by atoms with Gasteiger partial charge in [-0.1, -0.05) is 60.1 Å². The molecule has 0 radical (unpaired) electrons. The molecule has 1 N–H and O–H groups in total. The Morgan fingerprint density at radius 1 is 1.07 bits per heavy atom. The van der Waals surface area contributed by atoms with Crippen LogP contribution in [0.5, 0.6) is 0 Å². The molecule has 0 aromatic heterocycles. The third kappa shape index (κ3) is 4.12. The van der Waals surface area contributed by atoms with E-state index in [9.17, 15) is 29.2 Å². The van der Waals surface area contributed by atoms with Crippen LogP contribution in [-0.2, 0) is 19.5 Å². The molecule has 3 fully saturated rings. The number of nitriles is 1. The fraction of sp³-hybridized carbons (Fsp3) is 0.774. The van der Waals surface area contributed by atoms with Crippen molar-refractivity contribution in [3.8, 4) is 6.07 Å². The van der Waals surface area contributed by atoms with Gasteiger partial charge < -0.3 is 0 Å². The first-order valence-corrected chi connectivity index (χ1v) is 16.7. The van der Waals surface area contributed by atoms with E-state index in [1.807, 2.05) is 26.0 Å². The first kappa shape index (κ1) is 30.1. The number of rotatable bonds is 3. The first-order chi connectivity index (χ1) is 18.7. The molecule has 0 aromatic rings. The van der Waals surface area contributed by atoms with Crippen molar-refractivity contribution in [2.75, 3.05) is 6.26 Å². The highest BCUT2D eigenvalue weighted by Crippen LogP contribution is 2.73. The summed E-state index contributed by atoms with van der Waals surface area (Å²) in [5, 5.41) is 20.2. The monoisotopic (exact) mass is 584 g/mol. The van der Waals surface area contributed by atoms with E-state index in [-0.39, 0.29) is 45.7 Å². The number of ketones is 2. The Balaban J connectivity index is 1.68. The first-order valence-electron chi connectivity index (χ1n) is 14.8. The number of Topliss-reactive ketones (excluding diaryl/α,β-unsaturated/α-hetero) is 1. The van der Waals surface area contributed by atoms with Gasteiger partial charge in [0, 0.05) is 28.5 Å². The summed E-state index contributed by atoms with van der Waals surface area (Å²) in [5.41, 5.74) is -1.67. The minimum atomic E-state index is -3.34. The molecule has 8 atom stereocenters. The second kappa shape index (κ2) is 8.82. The van der Waals surface area contributed by atoms with Crippen molar-refractivity contribution in [2.45, 2.75) is 99.0 Å².